The van der Waals surface area contributed by atoms with Gasteiger partial charge in [0.1, 0.15) is 0 Å². The molecule has 0 saturated heterocycles. The molecule has 0 bridgehead atoms. The minimum absolute atomic E-state index is 0. The fourth-order valence-corrected chi connectivity index (χ4v) is 0.902. The molecule has 1 aromatic heterocycles. The topological polar surface area (TPSA) is 30.7 Å². The zero-order valence-electron chi connectivity index (χ0n) is 7.74. The van der Waals surface area contributed by atoms with Crippen LogP contribution in [0.5, 0.6) is 0 Å². The molecule has 3 nitrogen and oxygen atoms in total. The second-order valence-corrected chi connectivity index (χ2v) is 3.97. The van der Waals surface area contributed by atoms with E-state index in [0.717, 1.165) is 12.2 Å². The Balaban J connectivity index is 0.00000121. The third-order valence-electron chi connectivity index (χ3n) is 1.22. The van der Waals surface area contributed by atoms with E-state index in [1.165, 1.54) is 0 Å². The number of nitrogens with zero attached hydrogens (tertiary/aromatic N) is 3. The molecule has 0 aromatic carbocycles. The van der Waals surface area contributed by atoms with Crippen molar-refractivity contribution in [1.82, 2.24) is 15.0 Å². The normalized spacial score (nSPS) is 10.9. The van der Waals surface area contributed by atoms with Crippen LogP contribution in [0.3, 0.4) is 0 Å². The molecular formula is C8H14N3W-. The van der Waals surface area contributed by atoms with Gasteiger partial charge >= 0.3 is 0 Å². The first kappa shape index (κ1) is 11.7. The number of aromatic nitrogens is 3. The van der Waals surface area contributed by atoms with Crippen LogP contribution in [-0.4, -0.2) is 15.0 Å². The van der Waals surface area contributed by atoms with Crippen molar-refractivity contribution in [2.24, 2.45) is 5.41 Å². The van der Waals surface area contributed by atoms with E-state index < -0.39 is 0 Å². The average molecular weight is 336 g/mol. The maximum absolute atomic E-state index is 3.91. The first-order chi connectivity index (χ1) is 4.97. The molecule has 0 radical (unpaired) electrons. The molecule has 0 aliphatic carbocycles. The summed E-state index contributed by atoms with van der Waals surface area (Å²) in [6, 6.07) is 0. The van der Waals surface area contributed by atoms with E-state index in [4.69, 9.17) is 0 Å². The minimum atomic E-state index is 0. The van der Waals surface area contributed by atoms with E-state index in [2.05, 4.69) is 38.0 Å². The first-order valence-corrected chi connectivity index (χ1v) is 3.69. The molecule has 0 aliphatic heterocycles. The summed E-state index contributed by atoms with van der Waals surface area (Å²) in [7, 11) is 0. The van der Waals surface area contributed by atoms with Crippen LogP contribution in [0.4, 0.5) is 0 Å². The number of hydrogen-bond acceptors (Lipinski definition) is 2. The van der Waals surface area contributed by atoms with Crippen molar-refractivity contribution in [2.45, 2.75) is 27.3 Å². The Bertz CT molecular complexity index is 237. The van der Waals surface area contributed by atoms with Crippen LogP contribution in [0.1, 0.15) is 26.5 Å². The molecule has 0 saturated carbocycles. The molecule has 12 heavy (non-hydrogen) atoms. The Morgan fingerprint density at radius 1 is 1.50 bits per heavy atom. The minimum Gasteiger partial charge on any atom is -0.329 e. The Hall–Kier alpha value is -0.302. The predicted octanol–water partition coefficient (Wildman–Crippen LogP) is 1.50. The monoisotopic (exact) mass is 336 g/mol. The number of hydrogen-bond donors (Lipinski definition) is 0. The van der Waals surface area contributed by atoms with Crippen molar-refractivity contribution < 1.29 is 21.1 Å². The van der Waals surface area contributed by atoms with Crippen LogP contribution in [0.15, 0.2) is 6.20 Å². The summed E-state index contributed by atoms with van der Waals surface area (Å²) in [4.78, 5) is 0. The van der Waals surface area contributed by atoms with Gasteiger partial charge in [0, 0.05) is 27.6 Å². The second kappa shape index (κ2) is 4.08. The molecule has 4 heteroatoms. The Labute approximate surface area is 87.8 Å². The summed E-state index contributed by atoms with van der Waals surface area (Å²) in [5.41, 5.74) is 0.981. The van der Waals surface area contributed by atoms with Crippen molar-refractivity contribution in [3.05, 3.63) is 18.8 Å². The van der Waals surface area contributed by atoms with Crippen molar-refractivity contribution in [3.63, 3.8) is 0 Å². The standard InChI is InChI=1S/C8H14N3.W/c1-7-5-11(10-9-7)6-8(2,3)4;/h5H,1,6H2,2-4H3;/q-1;. The SMILES string of the molecule is [CH2-]c1cn(CC(C)(C)C)nn1.[W]. The van der Waals surface area contributed by atoms with E-state index in [0.29, 0.717) is 0 Å². The molecule has 0 atom stereocenters. The van der Waals surface area contributed by atoms with E-state index >= 15 is 0 Å². The fourth-order valence-electron chi connectivity index (χ4n) is 0.902. The molecule has 0 aliphatic rings. The predicted molar refractivity (Wildman–Crippen MR) is 43.9 cm³/mol. The van der Waals surface area contributed by atoms with Crippen molar-refractivity contribution in [3.8, 4) is 0 Å². The Kier molecular flexibility index (Phi) is 3.98. The number of rotatable bonds is 1. The molecule has 0 spiro atoms. The molecule has 1 rings (SSSR count). The van der Waals surface area contributed by atoms with Crippen LogP contribution in [-0.2, 0) is 27.6 Å². The van der Waals surface area contributed by atoms with E-state index in [1.807, 2.05) is 10.9 Å². The van der Waals surface area contributed by atoms with Gasteiger partial charge in [-0.25, -0.2) is 6.92 Å². The second-order valence-electron chi connectivity index (χ2n) is 3.97. The summed E-state index contributed by atoms with van der Waals surface area (Å²) in [5.74, 6) is 0. The van der Waals surface area contributed by atoms with Gasteiger partial charge in [-0.05, 0) is 5.41 Å². The van der Waals surface area contributed by atoms with Gasteiger partial charge in [-0.3, -0.25) is 0 Å². The van der Waals surface area contributed by atoms with E-state index in [1.54, 1.807) is 0 Å². The summed E-state index contributed by atoms with van der Waals surface area (Å²) in [6.45, 7) is 11.1. The molecule has 0 fully saturated rings. The maximum Gasteiger partial charge on any atom is 0.0283 e. The summed E-state index contributed by atoms with van der Waals surface area (Å²) in [6.07, 6.45) is 1.85. The van der Waals surface area contributed by atoms with E-state index in [-0.39, 0.29) is 26.5 Å². The maximum atomic E-state index is 3.91. The molecule has 68 valence electrons. The van der Waals surface area contributed by atoms with Crippen molar-refractivity contribution in [2.75, 3.05) is 0 Å². The Morgan fingerprint density at radius 2 is 2.08 bits per heavy atom. The van der Waals surface area contributed by atoms with Gasteiger partial charge < -0.3 is 4.68 Å². The molecule has 0 amide bonds. The molecule has 1 aromatic rings. The van der Waals surface area contributed by atoms with Crippen LogP contribution in [0.2, 0.25) is 0 Å². The quantitative estimate of drug-likeness (QED) is 0.728. The summed E-state index contributed by atoms with van der Waals surface area (Å²) in [5, 5.41) is 7.71. The van der Waals surface area contributed by atoms with Crippen LogP contribution < -0.4 is 0 Å². The van der Waals surface area contributed by atoms with Crippen LogP contribution >= 0.6 is 0 Å². The molecule has 0 N–H and O–H groups in total. The average Bonchev–Trinajstić information content (AvgIpc) is 2.10. The molecule has 1 heterocycles. The smallest absolute Gasteiger partial charge is 0.0283 e. The van der Waals surface area contributed by atoms with Gasteiger partial charge in [-0.2, -0.15) is 5.10 Å². The van der Waals surface area contributed by atoms with Gasteiger partial charge in [-0.15, -0.1) is 0 Å². The van der Waals surface area contributed by atoms with Gasteiger partial charge in [0.2, 0.25) is 0 Å². The summed E-state index contributed by atoms with van der Waals surface area (Å²) < 4.78 is 1.82. The van der Waals surface area contributed by atoms with Gasteiger partial charge in [0.05, 0.1) is 0 Å². The third kappa shape index (κ3) is 3.91. The van der Waals surface area contributed by atoms with Crippen LogP contribution in [0, 0.1) is 12.3 Å². The third-order valence-corrected chi connectivity index (χ3v) is 1.22. The molecular weight excluding hydrogens is 322 g/mol. The first-order valence-electron chi connectivity index (χ1n) is 3.69. The largest absolute Gasteiger partial charge is 0.329 e. The van der Waals surface area contributed by atoms with E-state index in [9.17, 15) is 0 Å². The van der Waals surface area contributed by atoms with Gasteiger partial charge in [0.15, 0.2) is 0 Å². The molecule has 0 unspecified atom stereocenters. The van der Waals surface area contributed by atoms with Gasteiger partial charge in [-0.1, -0.05) is 37.9 Å². The van der Waals surface area contributed by atoms with Crippen molar-refractivity contribution >= 4 is 0 Å². The zero-order chi connectivity index (χ0) is 8.48. The van der Waals surface area contributed by atoms with Gasteiger partial charge in [0.25, 0.3) is 0 Å². The zero-order valence-corrected chi connectivity index (χ0v) is 10.7. The Morgan fingerprint density at radius 3 is 2.42 bits per heavy atom. The summed E-state index contributed by atoms with van der Waals surface area (Å²) >= 11 is 0. The van der Waals surface area contributed by atoms with Crippen LogP contribution in [0.25, 0.3) is 0 Å². The van der Waals surface area contributed by atoms with Crippen molar-refractivity contribution in [1.29, 1.82) is 0 Å². The fraction of sp³-hybridized carbons (Fsp3) is 0.625.